The van der Waals surface area contributed by atoms with Gasteiger partial charge in [0.1, 0.15) is 5.82 Å². The number of rotatable bonds is 6. The lowest BCUT2D eigenvalue weighted by Crippen LogP contribution is -2.18. The van der Waals surface area contributed by atoms with E-state index in [1.807, 2.05) is 24.3 Å². The van der Waals surface area contributed by atoms with Crippen LogP contribution in [0.2, 0.25) is 0 Å². The Kier molecular flexibility index (Phi) is 5.43. The minimum atomic E-state index is -0.486. The van der Waals surface area contributed by atoms with Gasteiger partial charge in [-0.1, -0.05) is 52.3 Å². The number of carbonyl (C=O) groups is 1. The number of para-hydroxylation sites is 1. The summed E-state index contributed by atoms with van der Waals surface area (Å²) in [4.78, 5) is 22.9. The molecule has 3 rings (SSSR count). The first kappa shape index (κ1) is 17.8. The highest BCUT2D eigenvalue weighted by molar-refractivity contribution is 9.10. The van der Waals surface area contributed by atoms with E-state index in [1.165, 1.54) is 6.07 Å². The summed E-state index contributed by atoms with van der Waals surface area (Å²) in [5.74, 6) is 0.192. The van der Waals surface area contributed by atoms with Crippen molar-refractivity contribution in [3.8, 4) is 0 Å². The summed E-state index contributed by atoms with van der Waals surface area (Å²) in [6.07, 6.45) is 1.51. The molecule has 0 radical (unpaired) electrons. The van der Waals surface area contributed by atoms with Crippen LogP contribution in [0.4, 0.5) is 11.5 Å². The van der Waals surface area contributed by atoms with Gasteiger partial charge in [0.15, 0.2) is 0 Å². The number of halogens is 1. The molecular weight excluding hydrogens is 400 g/mol. The average molecular weight is 415 g/mol. The van der Waals surface area contributed by atoms with Crippen LogP contribution in [0.5, 0.6) is 0 Å². The molecule has 2 aromatic carbocycles. The molecule has 0 spiro atoms. The zero-order valence-corrected chi connectivity index (χ0v) is 15.2. The molecule has 132 valence electrons. The van der Waals surface area contributed by atoms with Crippen LogP contribution >= 0.6 is 15.9 Å². The van der Waals surface area contributed by atoms with Crippen molar-refractivity contribution in [1.29, 1.82) is 0 Å². The van der Waals surface area contributed by atoms with Gasteiger partial charge in [-0.2, -0.15) is 5.10 Å². The second kappa shape index (κ2) is 7.92. The molecule has 0 atom stereocenters. The number of amides is 1. The molecule has 0 aliphatic carbocycles. The fraction of sp³-hybridized carbons (Fsp3) is 0.111. The van der Waals surface area contributed by atoms with Crippen molar-refractivity contribution in [2.24, 2.45) is 0 Å². The van der Waals surface area contributed by atoms with Crippen LogP contribution in [0.3, 0.4) is 0 Å². The first-order chi connectivity index (χ1) is 12.5. The number of hydrogen-bond acceptors (Lipinski definition) is 4. The number of carbonyl (C=O) groups excluding carboxylic acids is 1. The van der Waals surface area contributed by atoms with E-state index < -0.39 is 4.92 Å². The van der Waals surface area contributed by atoms with Crippen LogP contribution in [0, 0.1) is 10.1 Å². The molecule has 0 unspecified atom stereocenters. The van der Waals surface area contributed by atoms with Crippen molar-refractivity contribution in [2.75, 3.05) is 5.32 Å². The minimum absolute atomic E-state index is 0.0654. The van der Waals surface area contributed by atoms with Gasteiger partial charge in [0, 0.05) is 22.2 Å². The number of nitrogens with zero attached hydrogens (tertiary/aromatic N) is 3. The van der Waals surface area contributed by atoms with Crippen molar-refractivity contribution >= 4 is 33.3 Å². The minimum Gasteiger partial charge on any atom is -0.311 e. The Morgan fingerprint density at radius 2 is 1.81 bits per heavy atom. The summed E-state index contributed by atoms with van der Waals surface area (Å²) in [6, 6.07) is 15.7. The maximum absolute atomic E-state index is 12.3. The number of benzene rings is 2. The molecular formula is C18H15BrN4O3. The molecule has 0 aliphatic heterocycles. The van der Waals surface area contributed by atoms with Crippen molar-refractivity contribution in [2.45, 2.75) is 13.0 Å². The normalized spacial score (nSPS) is 10.5. The number of hydrogen-bond donors (Lipinski definition) is 1. The molecule has 1 amide bonds. The van der Waals surface area contributed by atoms with Gasteiger partial charge in [-0.3, -0.25) is 14.9 Å². The topological polar surface area (TPSA) is 90.1 Å². The van der Waals surface area contributed by atoms with Gasteiger partial charge in [0.2, 0.25) is 5.91 Å². The lowest BCUT2D eigenvalue weighted by atomic mass is 10.1. The summed E-state index contributed by atoms with van der Waals surface area (Å²) in [5.41, 5.74) is 1.32. The monoisotopic (exact) mass is 414 g/mol. The molecule has 3 aromatic rings. The van der Waals surface area contributed by atoms with Crippen LogP contribution in [-0.2, 0) is 17.8 Å². The Labute approximate surface area is 157 Å². The number of aromatic nitrogens is 2. The molecule has 0 bridgehead atoms. The van der Waals surface area contributed by atoms with E-state index in [-0.39, 0.29) is 18.0 Å². The summed E-state index contributed by atoms with van der Waals surface area (Å²) in [7, 11) is 0. The molecule has 0 saturated carbocycles. The Morgan fingerprint density at radius 3 is 2.54 bits per heavy atom. The third kappa shape index (κ3) is 4.15. The number of nitro groups is 1. The maximum atomic E-state index is 12.3. The highest BCUT2D eigenvalue weighted by atomic mass is 79.9. The first-order valence-corrected chi connectivity index (χ1v) is 8.61. The van der Waals surface area contributed by atoms with Crippen LogP contribution in [0.1, 0.15) is 11.1 Å². The number of nitrogens with one attached hydrogen (secondary N) is 1. The van der Waals surface area contributed by atoms with Gasteiger partial charge in [-0.25, -0.2) is 4.68 Å². The smallest absolute Gasteiger partial charge is 0.273 e. The van der Waals surface area contributed by atoms with Crippen molar-refractivity contribution in [3.63, 3.8) is 0 Å². The quantitative estimate of drug-likeness (QED) is 0.490. The van der Waals surface area contributed by atoms with E-state index in [0.29, 0.717) is 17.9 Å². The SMILES string of the molecule is O=C(Cc1ccccc1[N+](=O)[O-])Nc1ccnn1Cc1ccccc1Br. The Hall–Kier alpha value is -3.00. The number of anilines is 1. The van der Waals surface area contributed by atoms with E-state index in [4.69, 9.17) is 0 Å². The van der Waals surface area contributed by atoms with Crippen molar-refractivity contribution in [1.82, 2.24) is 9.78 Å². The summed E-state index contributed by atoms with van der Waals surface area (Å²) >= 11 is 3.49. The Bertz CT molecular complexity index is 955. The summed E-state index contributed by atoms with van der Waals surface area (Å²) in [6.45, 7) is 0.482. The van der Waals surface area contributed by atoms with Crippen molar-refractivity contribution < 1.29 is 9.72 Å². The average Bonchev–Trinajstić information content (AvgIpc) is 3.04. The largest absolute Gasteiger partial charge is 0.311 e. The molecule has 1 aromatic heterocycles. The highest BCUT2D eigenvalue weighted by Gasteiger charge is 2.16. The van der Waals surface area contributed by atoms with Gasteiger partial charge in [-0.05, 0) is 11.6 Å². The molecule has 26 heavy (non-hydrogen) atoms. The lowest BCUT2D eigenvalue weighted by Gasteiger charge is -2.10. The third-order valence-electron chi connectivity index (χ3n) is 3.80. The second-order valence-electron chi connectivity index (χ2n) is 5.58. The van der Waals surface area contributed by atoms with E-state index in [9.17, 15) is 14.9 Å². The zero-order chi connectivity index (χ0) is 18.5. The Morgan fingerprint density at radius 1 is 1.12 bits per heavy atom. The number of nitro benzene ring substituents is 1. The van der Waals surface area contributed by atoms with Crippen LogP contribution in [0.15, 0.2) is 65.3 Å². The van der Waals surface area contributed by atoms with Gasteiger partial charge in [-0.15, -0.1) is 0 Å². The zero-order valence-electron chi connectivity index (χ0n) is 13.6. The molecule has 7 nitrogen and oxygen atoms in total. The third-order valence-corrected chi connectivity index (χ3v) is 4.57. The van der Waals surface area contributed by atoms with Gasteiger partial charge >= 0.3 is 0 Å². The molecule has 0 aliphatic rings. The molecule has 0 fully saturated rings. The first-order valence-electron chi connectivity index (χ1n) is 7.82. The molecule has 1 heterocycles. The summed E-state index contributed by atoms with van der Waals surface area (Å²) in [5, 5.41) is 18.1. The molecule has 1 N–H and O–H groups in total. The lowest BCUT2D eigenvalue weighted by molar-refractivity contribution is -0.385. The van der Waals surface area contributed by atoms with Gasteiger partial charge in [0.05, 0.1) is 24.1 Å². The van der Waals surface area contributed by atoms with E-state index in [1.54, 1.807) is 35.1 Å². The summed E-state index contributed by atoms with van der Waals surface area (Å²) < 4.78 is 2.62. The fourth-order valence-electron chi connectivity index (χ4n) is 2.55. The van der Waals surface area contributed by atoms with Crippen LogP contribution in [-0.4, -0.2) is 20.6 Å². The Balaban J connectivity index is 1.73. The van der Waals surface area contributed by atoms with E-state index in [2.05, 4.69) is 26.3 Å². The predicted octanol–water partition coefficient (Wildman–Crippen LogP) is 3.78. The van der Waals surface area contributed by atoms with Crippen molar-refractivity contribution in [3.05, 3.63) is 86.5 Å². The van der Waals surface area contributed by atoms with Gasteiger partial charge in [0.25, 0.3) is 5.69 Å². The van der Waals surface area contributed by atoms with Gasteiger partial charge < -0.3 is 5.32 Å². The molecule has 0 saturated heterocycles. The van der Waals surface area contributed by atoms with E-state index >= 15 is 0 Å². The second-order valence-corrected chi connectivity index (χ2v) is 6.43. The molecule has 8 heteroatoms. The van der Waals surface area contributed by atoms with Crippen LogP contribution < -0.4 is 5.32 Å². The standard InChI is InChI=1S/C18H15BrN4O3/c19-15-7-3-1-6-14(15)12-22-17(9-10-20-22)21-18(24)11-13-5-2-4-8-16(13)23(25)26/h1-10H,11-12H2,(H,21,24). The fourth-order valence-corrected chi connectivity index (χ4v) is 2.96. The van der Waals surface area contributed by atoms with E-state index in [0.717, 1.165) is 10.0 Å². The van der Waals surface area contributed by atoms with Crippen LogP contribution in [0.25, 0.3) is 0 Å². The highest BCUT2D eigenvalue weighted by Crippen LogP contribution is 2.20. The maximum Gasteiger partial charge on any atom is 0.273 e. The predicted molar refractivity (Wildman–Crippen MR) is 101 cm³/mol.